The van der Waals surface area contributed by atoms with Gasteiger partial charge < -0.3 is 24.4 Å². The van der Waals surface area contributed by atoms with E-state index < -0.39 is 6.04 Å². The van der Waals surface area contributed by atoms with Crippen molar-refractivity contribution in [1.29, 1.82) is 0 Å². The molecule has 1 unspecified atom stereocenters. The van der Waals surface area contributed by atoms with E-state index in [-0.39, 0.29) is 17.8 Å². The average molecular weight is 401 g/mol. The Morgan fingerprint density at radius 3 is 2.60 bits per heavy atom. The molecule has 150 valence electrons. The summed E-state index contributed by atoms with van der Waals surface area (Å²) in [5.41, 5.74) is 2.64. The molecule has 2 N–H and O–H groups in total. The molecule has 2 aromatic heterocycles. The van der Waals surface area contributed by atoms with Crippen LogP contribution in [-0.4, -0.2) is 28.7 Å². The normalized spacial score (nSPS) is 16.0. The van der Waals surface area contributed by atoms with Gasteiger partial charge in [-0.2, -0.15) is 0 Å². The molecule has 0 aliphatic carbocycles. The number of anilines is 4. The largest absolute Gasteiger partial charge is 0.456 e. The fourth-order valence-electron chi connectivity index (χ4n) is 3.44. The highest BCUT2D eigenvalue weighted by Gasteiger charge is 2.30. The number of rotatable bonds is 4. The SMILES string of the molecule is Cc1ccc(-c2nnc(NC3CN(c4ccccc4)c4ccccc4NC3=O)o2)o1. The Hall–Kier alpha value is -4.07. The molecule has 0 saturated carbocycles. The number of hydrogen-bond acceptors (Lipinski definition) is 7. The first-order valence-electron chi connectivity index (χ1n) is 9.57. The van der Waals surface area contributed by atoms with Gasteiger partial charge in [-0.15, -0.1) is 5.10 Å². The van der Waals surface area contributed by atoms with Crippen molar-refractivity contribution in [1.82, 2.24) is 10.2 Å². The number of carbonyl (C=O) groups excluding carboxylic acids is 1. The van der Waals surface area contributed by atoms with Crippen LogP contribution in [0.1, 0.15) is 5.76 Å². The summed E-state index contributed by atoms with van der Waals surface area (Å²) in [5.74, 6) is 1.30. The van der Waals surface area contributed by atoms with Crippen LogP contribution in [0.4, 0.5) is 23.1 Å². The monoisotopic (exact) mass is 401 g/mol. The number of furan rings is 1. The Balaban J connectivity index is 1.44. The van der Waals surface area contributed by atoms with E-state index in [1.54, 1.807) is 6.07 Å². The molecular weight excluding hydrogens is 382 g/mol. The number of benzene rings is 2. The van der Waals surface area contributed by atoms with Gasteiger partial charge in [0.15, 0.2) is 5.76 Å². The van der Waals surface area contributed by atoms with Gasteiger partial charge >= 0.3 is 6.01 Å². The van der Waals surface area contributed by atoms with Gasteiger partial charge in [0.1, 0.15) is 11.8 Å². The molecule has 8 nitrogen and oxygen atoms in total. The Kier molecular flexibility index (Phi) is 4.44. The van der Waals surface area contributed by atoms with E-state index in [0.717, 1.165) is 22.8 Å². The molecule has 1 atom stereocenters. The Bertz CT molecular complexity index is 1180. The topological polar surface area (TPSA) is 96.4 Å². The van der Waals surface area contributed by atoms with Gasteiger partial charge in [0.05, 0.1) is 17.9 Å². The van der Waals surface area contributed by atoms with E-state index in [9.17, 15) is 4.79 Å². The van der Waals surface area contributed by atoms with Crippen LogP contribution in [0.3, 0.4) is 0 Å². The molecule has 3 heterocycles. The molecule has 0 fully saturated rings. The lowest BCUT2D eigenvalue weighted by atomic mass is 10.2. The molecule has 4 aromatic rings. The third-order valence-corrected chi connectivity index (χ3v) is 4.88. The summed E-state index contributed by atoms with van der Waals surface area (Å²) in [4.78, 5) is 15.0. The summed E-state index contributed by atoms with van der Waals surface area (Å²) in [6.45, 7) is 2.22. The van der Waals surface area contributed by atoms with Crippen molar-refractivity contribution in [3.05, 3.63) is 72.5 Å². The Morgan fingerprint density at radius 1 is 1.00 bits per heavy atom. The molecule has 0 bridgehead atoms. The van der Waals surface area contributed by atoms with Crippen molar-refractivity contribution < 1.29 is 13.6 Å². The molecule has 1 aliphatic heterocycles. The first kappa shape index (κ1) is 18.0. The van der Waals surface area contributed by atoms with Crippen LogP contribution in [0.15, 0.2) is 75.6 Å². The number of nitrogens with one attached hydrogen (secondary N) is 2. The van der Waals surface area contributed by atoms with Crippen LogP contribution in [-0.2, 0) is 4.79 Å². The minimum Gasteiger partial charge on any atom is -0.456 e. The van der Waals surface area contributed by atoms with Gasteiger partial charge in [-0.3, -0.25) is 4.79 Å². The molecule has 8 heteroatoms. The number of hydrogen-bond donors (Lipinski definition) is 2. The number of carbonyl (C=O) groups is 1. The van der Waals surface area contributed by atoms with Gasteiger partial charge in [-0.05, 0) is 43.3 Å². The summed E-state index contributed by atoms with van der Waals surface area (Å²) < 4.78 is 11.2. The van der Waals surface area contributed by atoms with E-state index in [1.807, 2.05) is 67.6 Å². The van der Waals surface area contributed by atoms with Crippen molar-refractivity contribution >= 4 is 29.0 Å². The number of aryl methyl sites for hydroxylation is 1. The second kappa shape index (κ2) is 7.40. The lowest BCUT2D eigenvalue weighted by Crippen LogP contribution is -2.40. The van der Waals surface area contributed by atoms with E-state index in [4.69, 9.17) is 8.83 Å². The maximum atomic E-state index is 12.9. The Labute approximate surface area is 172 Å². The zero-order valence-corrected chi connectivity index (χ0v) is 16.2. The maximum absolute atomic E-state index is 12.9. The molecule has 0 spiro atoms. The number of aromatic nitrogens is 2. The standard InChI is InChI=1S/C22H19N5O3/c1-14-11-12-19(29-14)21-25-26-22(30-21)24-17-13-27(15-7-3-2-4-8-15)18-10-6-5-9-16(18)23-20(17)28/h2-12,17H,13H2,1H3,(H,23,28)(H,24,26). The van der Waals surface area contributed by atoms with Crippen LogP contribution in [0.5, 0.6) is 0 Å². The van der Waals surface area contributed by atoms with E-state index >= 15 is 0 Å². The van der Waals surface area contributed by atoms with Crippen molar-refractivity contribution in [2.75, 3.05) is 22.1 Å². The predicted molar refractivity (Wildman–Crippen MR) is 113 cm³/mol. The van der Waals surface area contributed by atoms with Gasteiger partial charge in [0, 0.05) is 5.69 Å². The molecule has 30 heavy (non-hydrogen) atoms. The molecule has 2 aromatic carbocycles. The number of para-hydroxylation sites is 3. The van der Waals surface area contributed by atoms with Crippen molar-refractivity contribution in [2.24, 2.45) is 0 Å². The maximum Gasteiger partial charge on any atom is 0.316 e. The van der Waals surface area contributed by atoms with E-state index in [2.05, 4.69) is 25.7 Å². The summed E-state index contributed by atoms with van der Waals surface area (Å²) in [5, 5.41) is 14.1. The number of amides is 1. The summed E-state index contributed by atoms with van der Waals surface area (Å²) >= 11 is 0. The zero-order chi connectivity index (χ0) is 20.5. The van der Waals surface area contributed by atoms with Crippen LogP contribution in [0, 0.1) is 6.92 Å². The number of nitrogens with zero attached hydrogens (tertiary/aromatic N) is 3. The molecule has 5 rings (SSSR count). The zero-order valence-electron chi connectivity index (χ0n) is 16.2. The van der Waals surface area contributed by atoms with Gasteiger partial charge in [0.2, 0.25) is 5.91 Å². The smallest absolute Gasteiger partial charge is 0.316 e. The fourth-order valence-corrected chi connectivity index (χ4v) is 3.44. The van der Waals surface area contributed by atoms with E-state index in [0.29, 0.717) is 12.3 Å². The first-order valence-corrected chi connectivity index (χ1v) is 9.57. The summed E-state index contributed by atoms with van der Waals surface area (Å²) in [6, 6.07) is 20.7. The average Bonchev–Trinajstić information content (AvgIpc) is 3.38. The highest BCUT2D eigenvalue weighted by atomic mass is 16.4. The molecule has 0 radical (unpaired) electrons. The third kappa shape index (κ3) is 3.39. The first-order chi connectivity index (χ1) is 14.7. The van der Waals surface area contributed by atoms with Gasteiger partial charge in [-0.25, -0.2) is 0 Å². The van der Waals surface area contributed by atoms with Crippen molar-refractivity contribution in [3.8, 4) is 11.7 Å². The second-order valence-electron chi connectivity index (χ2n) is 6.97. The fraction of sp³-hybridized carbons (Fsp3) is 0.136. The molecule has 1 amide bonds. The van der Waals surface area contributed by atoms with Crippen LogP contribution >= 0.6 is 0 Å². The minimum atomic E-state index is -0.621. The second-order valence-corrected chi connectivity index (χ2v) is 6.97. The van der Waals surface area contributed by atoms with E-state index in [1.165, 1.54) is 0 Å². The molecule has 0 saturated heterocycles. The quantitative estimate of drug-likeness (QED) is 0.529. The van der Waals surface area contributed by atoms with Crippen LogP contribution in [0.25, 0.3) is 11.7 Å². The summed E-state index contributed by atoms with van der Waals surface area (Å²) in [7, 11) is 0. The lowest BCUT2D eigenvalue weighted by Gasteiger charge is -2.26. The third-order valence-electron chi connectivity index (χ3n) is 4.88. The van der Waals surface area contributed by atoms with Crippen LogP contribution in [0.2, 0.25) is 0 Å². The number of fused-ring (bicyclic) bond motifs is 1. The van der Waals surface area contributed by atoms with Crippen LogP contribution < -0.4 is 15.5 Å². The van der Waals surface area contributed by atoms with Crippen molar-refractivity contribution in [2.45, 2.75) is 13.0 Å². The highest BCUT2D eigenvalue weighted by Crippen LogP contribution is 2.34. The Morgan fingerprint density at radius 2 is 1.80 bits per heavy atom. The molecule has 1 aliphatic rings. The predicted octanol–water partition coefficient (Wildman–Crippen LogP) is 4.21. The summed E-state index contributed by atoms with van der Waals surface area (Å²) in [6.07, 6.45) is 0. The van der Waals surface area contributed by atoms with Gasteiger partial charge in [0.25, 0.3) is 5.89 Å². The minimum absolute atomic E-state index is 0.151. The van der Waals surface area contributed by atoms with Gasteiger partial charge in [-0.1, -0.05) is 35.4 Å². The van der Waals surface area contributed by atoms with Crippen molar-refractivity contribution in [3.63, 3.8) is 0 Å². The highest BCUT2D eigenvalue weighted by molar-refractivity contribution is 6.02. The molecular formula is C22H19N5O3. The lowest BCUT2D eigenvalue weighted by molar-refractivity contribution is -0.116.